The second-order valence-corrected chi connectivity index (χ2v) is 10.1. The van der Waals surface area contributed by atoms with Crippen molar-refractivity contribution in [1.82, 2.24) is 15.2 Å². The van der Waals surface area contributed by atoms with Gasteiger partial charge in [-0.05, 0) is 48.4 Å². The molecule has 2 N–H and O–H groups in total. The third kappa shape index (κ3) is 6.34. The molecule has 1 saturated heterocycles. The van der Waals surface area contributed by atoms with Crippen molar-refractivity contribution in [3.05, 3.63) is 52.1 Å². The van der Waals surface area contributed by atoms with E-state index in [0.29, 0.717) is 24.0 Å². The molecule has 1 aromatic heterocycles. The smallest absolute Gasteiger partial charge is 0.362 e. The number of anilines is 1. The van der Waals surface area contributed by atoms with Crippen LogP contribution in [0.5, 0.6) is 5.88 Å². The van der Waals surface area contributed by atoms with Gasteiger partial charge in [-0.3, -0.25) is 14.6 Å². The minimum atomic E-state index is -0.847. The fourth-order valence-electron chi connectivity index (χ4n) is 4.82. The lowest BCUT2D eigenvalue weighted by atomic mass is 9.60. The maximum absolute atomic E-state index is 12.7. The number of rotatable bonds is 10. The van der Waals surface area contributed by atoms with E-state index in [9.17, 15) is 14.1 Å². The van der Waals surface area contributed by atoms with Gasteiger partial charge in [-0.15, -0.1) is 0 Å². The first-order valence-corrected chi connectivity index (χ1v) is 12.2. The molecule has 1 saturated carbocycles. The summed E-state index contributed by atoms with van der Waals surface area (Å²) in [7, 11) is 0. The summed E-state index contributed by atoms with van der Waals surface area (Å²) in [5.74, 6) is -0.940. The van der Waals surface area contributed by atoms with E-state index in [1.807, 2.05) is 36.1 Å². The van der Waals surface area contributed by atoms with Crippen LogP contribution in [0.15, 0.2) is 36.5 Å². The molecule has 2 aromatic rings. The molecule has 1 spiro atoms. The molecule has 8 nitrogen and oxygen atoms in total. The Labute approximate surface area is 213 Å². The first-order valence-electron chi connectivity index (χ1n) is 11.4. The van der Waals surface area contributed by atoms with E-state index >= 15 is 0 Å². The number of amides is 1. The van der Waals surface area contributed by atoms with Gasteiger partial charge in [-0.25, -0.2) is 9.78 Å². The molecule has 2 fully saturated rings. The van der Waals surface area contributed by atoms with Crippen LogP contribution in [-0.2, 0) is 21.1 Å². The molecule has 1 amide bonds. The number of carbonyl (C=O) groups excluding carboxylic acids is 2. The van der Waals surface area contributed by atoms with Gasteiger partial charge in [0, 0.05) is 42.1 Å². The molecule has 1 aliphatic carbocycles. The normalized spacial score (nSPS) is 17.7. The quantitative estimate of drug-likeness (QED) is 0.481. The Balaban J connectivity index is 1.23. The summed E-state index contributed by atoms with van der Waals surface area (Å²) in [6.07, 6.45) is 3.11. The number of halogens is 3. The Morgan fingerprint density at radius 1 is 1.29 bits per heavy atom. The van der Waals surface area contributed by atoms with Gasteiger partial charge in [0.05, 0.1) is 5.02 Å². The predicted molar refractivity (Wildman–Crippen MR) is 130 cm³/mol. The maximum Gasteiger partial charge on any atom is 0.362 e. The van der Waals surface area contributed by atoms with Crippen LogP contribution in [-0.4, -0.2) is 53.5 Å². The molecule has 188 valence electrons. The average molecular weight is 525 g/mol. The number of ether oxygens (including phenoxy) is 1. The molecule has 2 heterocycles. The number of benzene rings is 1. The largest absolute Gasteiger partial charge is 0.463 e. The Bertz CT molecular complexity index is 1080. The standard InChI is InChI=1S/C24H27Cl2FN4O4/c1-2-20(34-23-19(26)7-16(25)11-29-23)22(33)28-10-15-4-3-5-17(6-15)30-18-8-24(9-18)13-31(14-24)12-21(32)35-27/h3-7,11,18,20,30H,2,8-10,12-14H2,1H3,(H,28,33). The summed E-state index contributed by atoms with van der Waals surface area (Å²) >= 11 is 12.0. The van der Waals surface area contributed by atoms with Gasteiger partial charge < -0.3 is 15.4 Å². The third-order valence-electron chi connectivity index (χ3n) is 6.37. The third-order valence-corrected chi connectivity index (χ3v) is 6.85. The highest BCUT2D eigenvalue weighted by Gasteiger charge is 2.52. The Hall–Kier alpha value is -2.62. The summed E-state index contributed by atoms with van der Waals surface area (Å²) in [5.41, 5.74) is 2.14. The van der Waals surface area contributed by atoms with E-state index in [1.165, 1.54) is 12.3 Å². The van der Waals surface area contributed by atoms with Crippen LogP contribution in [0, 0.1) is 5.41 Å². The van der Waals surface area contributed by atoms with E-state index in [2.05, 4.69) is 20.6 Å². The van der Waals surface area contributed by atoms with E-state index in [0.717, 1.165) is 37.2 Å². The molecule has 0 radical (unpaired) electrons. The number of carbonyl (C=O) groups is 2. The fourth-order valence-corrected chi connectivity index (χ4v) is 5.25. The van der Waals surface area contributed by atoms with Crippen molar-refractivity contribution in [3.8, 4) is 5.88 Å². The van der Waals surface area contributed by atoms with Crippen LogP contribution in [0.4, 0.5) is 10.2 Å². The molecule has 2 aliphatic rings. The van der Waals surface area contributed by atoms with E-state index < -0.39 is 12.1 Å². The summed E-state index contributed by atoms with van der Waals surface area (Å²) in [4.78, 5) is 32.9. The summed E-state index contributed by atoms with van der Waals surface area (Å²) in [5, 5.41) is 7.08. The monoisotopic (exact) mass is 524 g/mol. The van der Waals surface area contributed by atoms with Crippen LogP contribution in [0.25, 0.3) is 0 Å². The van der Waals surface area contributed by atoms with Crippen LogP contribution in [0.1, 0.15) is 31.7 Å². The van der Waals surface area contributed by atoms with E-state index in [-0.39, 0.29) is 28.8 Å². The van der Waals surface area contributed by atoms with Gasteiger partial charge in [0.1, 0.15) is 11.6 Å². The van der Waals surface area contributed by atoms with Gasteiger partial charge >= 0.3 is 5.97 Å². The molecular weight excluding hydrogens is 498 g/mol. The highest BCUT2D eigenvalue weighted by Crippen LogP contribution is 2.49. The lowest BCUT2D eigenvalue weighted by molar-refractivity contribution is -0.189. The number of nitrogens with one attached hydrogen (secondary N) is 2. The lowest BCUT2D eigenvalue weighted by Gasteiger charge is -2.59. The SMILES string of the molecule is CCC(Oc1ncc(Cl)cc1Cl)C(=O)NCc1cccc(NC2CC3(C2)CN(CC(=O)OF)C3)c1. The van der Waals surface area contributed by atoms with Crippen LogP contribution in [0.2, 0.25) is 10.0 Å². The molecule has 1 aromatic carbocycles. The number of hydrogen-bond acceptors (Lipinski definition) is 7. The summed E-state index contributed by atoms with van der Waals surface area (Å²) in [6.45, 7) is 3.76. The predicted octanol–water partition coefficient (Wildman–Crippen LogP) is 4.17. The van der Waals surface area contributed by atoms with Crippen LogP contribution >= 0.6 is 23.2 Å². The molecule has 11 heteroatoms. The van der Waals surface area contributed by atoms with Gasteiger partial charge in [-0.1, -0.05) is 42.3 Å². The second-order valence-electron chi connectivity index (χ2n) is 9.22. The number of hydrogen-bond donors (Lipinski definition) is 2. The highest BCUT2D eigenvalue weighted by atomic mass is 35.5. The van der Waals surface area contributed by atoms with Crippen molar-refractivity contribution >= 4 is 40.8 Å². The number of nitrogens with zero attached hydrogens (tertiary/aromatic N) is 2. The second kappa shape index (κ2) is 11.0. The fraction of sp³-hybridized carbons (Fsp3) is 0.458. The van der Waals surface area contributed by atoms with Gasteiger partial charge in [0.2, 0.25) is 5.88 Å². The van der Waals surface area contributed by atoms with Gasteiger partial charge in [0.15, 0.2) is 6.10 Å². The van der Waals surface area contributed by atoms with E-state index in [4.69, 9.17) is 27.9 Å². The number of pyridine rings is 1. The molecule has 35 heavy (non-hydrogen) atoms. The maximum atomic E-state index is 12.7. The Morgan fingerprint density at radius 3 is 2.74 bits per heavy atom. The number of aromatic nitrogens is 1. The van der Waals surface area contributed by atoms with E-state index in [1.54, 1.807) is 0 Å². The summed E-state index contributed by atoms with van der Waals surface area (Å²) < 4.78 is 17.6. The highest BCUT2D eigenvalue weighted by molar-refractivity contribution is 6.35. The topological polar surface area (TPSA) is 92.8 Å². The molecule has 4 rings (SSSR count). The minimum absolute atomic E-state index is 0.00269. The molecule has 1 aliphatic heterocycles. The van der Waals surface area contributed by atoms with Gasteiger partial charge in [0.25, 0.3) is 5.91 Å². The zero-order chi connectivity index (χ0) is 25.0. The molecule has 1 unspecified atom stereocenters. The first-order chi connectivity index (χ1) is 16.8. The van der Waals surface area contributed by atoms with Crippen molar-refractivity contribution in [3.63, 3.8) is 0 Å². The number of likely N-dealkylation sites (tertiary alicyclic amines) is 1. The van der Waals surface area contributed by atoms with Crippen molar-refractivity contribution < 1.29 is 23.8 Å². The van der Waals surface area contributed by atoms with Crippen molar-refractivity contribution in [2.24, 2.45) is 5.41 Å². The Kier molecular flexibility index (Phi) is 7.98. The van der Waals surface area contributed by atoms with Crippen molar-refractivity contribution in [1.29, 1.82) is 0 Å². The van der Waals surface area contributed by atoms with Crippen LogP contribution in [0.3, 0.4) is 0 Å². The van der Waals surface area contributed by atoms with Crippen molar-refractivity contribution in [2.45, 2.75) is 44.9 Å². The molecular formula is C24H27Cl2FN4O4. The van der Waals surface area contributed by atoms with Gasteiger partial charge in [-0.2, -0.15) is 0 Å². The summed E-state index contributed by atoms with van der Waals surface area (Å²) in [6, 6.07) is 9.74. The zero-order valence-corrected chi connectivity index (χ0v) is 20.7. The minimum Gasteiger partial charge on any atom is -0.463 e. The Morgan fingerprint density at radius 2 is 2.06 bits per heavy atom. The van der Waals surface area contributed by atoms with Crippen LogP contribution < -0.4 is 15.4 Å². The molecule has 1 atom stereocenters. The lowest BCUT2D eigenvalue weighted by Crippen LogP contribution is -2.65. The average Bonchev–Trinajstić information content (AvgIpc) is 2.79. The molecule has 0 bridgehead atoms. The first kappa shape index (κ1) is 25.5. The zero-order valence-electron chi connectivity index (χ0n) is 19.2. The van der Waals surface area contributed by atoms with Crippen molar-refractivity contribution in [2.75, 3.05) is 25.0 Å².